The first-order valence-electron chi connectivity index (χ1n) is 5.49. The SMILES string of the molecule is Cc1cc(-c2nn[nH]n2)ccc1S(=O)(=O)NCCO. The third-order valence-corrected chi connectivity index (χ3v) is 4.09. The Kier molecular flexibility index (Phi) is 3.88. The van der Waals surface area contributed by atoms with Crippen molar-refractivity contribution in [3.63, 3.8) is 0 Å². The van der Waals surface area contributed by atoms with Crippen molar-refractivity contribution >= 4 is 10.0 Å². The van der Waals surface area contributed by atoms with Crippen molar-refractivity contribution in [2.45, 2.75) is 11.8 Å². The molecule has 3 N–H and O–H groups in total. The van der Waals surface area contributed by atoms with Crippen LogP contribution < -0.4 is 4.72 Å². The highest BCUT2D eigenvalue weighted by atomic mass is 32.2. The van der Waals surface area contributed by atoms with Crippen LogP contribution in [0.1, 0.15) is 5.56 Å². The molecule has 0 atom stereocenters. The molecule has 0 radical (unpaired) electrons. The number of nitrogens with one attached hydrogen (secondary N) is 2. The zero-order chi connectivity index (χ0) is 13.9. The summed E-state index contributed by atoms with van der Waals surface area (Å²) in [5.74, 6) is 0.398. The van der Waals surface area contributed by atoms with Crippen molar-refractivity contribution in [3.8, 4) is 11.4 Å². The van der Waals surface area contributed by atoms with Gasteiger partial charge >= 0.3 is 0 Å². The lowest BCUT2D eigenvalue weighted by Gasteiger charge is -2.09. The topological polar surface area (TPSA) is 121 Å². The van der Waals surface area contributed by atoms with Crippen LogP contribution in [0.4, 0.5) is 0 Å². The van der Waals surface area contributed by atoms with Crippen LogP contribution in [0.2, 0.25) is 0 Å². The average Bonchev–Trinajstić information content (AvgIpc) is 2.90. The molecule has 2 aromatic rings. The lowest BCUT2D eigenvalue weighted by Crippen LogP contribution is -2.27. The number of aliphatic hydroxyl groups is 1. The molecule has 0 spiro atoms. The van der Waals surface area contributed by atoms with Crippen LogP contribution in [0.5, 0.6) is 0 Å². The molecule has 0 aliphatic rings. The molecule has 0 saturated carbocycles. The van der Waals surface area contributed by atoms with Crippen LogP contribution in [0, 0.1) is 6.92 Å². The first kappa shape index (κ1) is 13.6. The Balaban J connectivity index is 2.35. The molecule has 1 aromatic carbocycles. The largest absolute Gasteiger partial charge is 0.395 e. The van der Waals surface area contributed by atoms with Gasteiger partial charge in [-0.2, -0.15) is 5.21 Å². The normalized spacial score (nSPS) is 11.7. The fraction of sp³-hybridized carbons (Fsp3) is 0.300. The van der Waals surface area contributed by atoms with E-state index in [2.05, 4.69) is 25.3 Å². The molecule has 0 bridgehead atoms. The maximum atomic E-state index is 11.9. The predicted octanol–water partition coefficient (Wildman–Crippen LogP) is -0.554. The highest BCUT2D eigenvalue weighted by Gasteiger charge is 2.17. The van der Waals surface area contributed by atoms with Crippen molar-refractivity contribution in [2.75, 3.05) is 13.2 Å². The summed E-state index contributed by atoms with van der Waals surface area (Å²) in [5.41, 5.74) is 1.24. The van der Waals surface area contributed by atoms with Crippen molar-refractivity contribution in [1.82, 2.24) is 25.3 Å². The molecule has 0 saturated heterocycles. The van der Waals surface area contributed by atoms with Gasteiger partial charge in [0.1, 0.15) is 0 Å². The minimum Gasteiger partial charge on any atom is -0.395 e. The van der Waals surface area contributed by atoms with E-state index in [9.17, 15) is 8.42 Å². The Labute approximate surface area is 109 Å². The number of hydrogen-bond acceptors (Lipinski definition) is 6. The van der Waals surface area contributed by atoms with Crippen LogP contribution in [-0.4, -0.2) is 47.3 Å². The van der Waals surface area contributed by atoms with E-state index in [4.69, 9.17) is 5.11 Å². The first-order valence-corrected chi connectivity index (χ1v) is 6.98. The maximum absolute atomic E-state index is 11.9. The predicted molar refractivity (Wildman–Crippen MR) is 66.6 cm³/mol. The number of sulfonamides is 1. The molecule has 1 heterocycles. The van der Waals surface area contributed by atoms with Gasteiger partial charge in [-0.1, -0.05) is 0 Å². The summed E-state index contributed by atoms with van der Waals surface area (Å²) >= 11 is 0. The summed E-state index contributed by atoms with van der Waals surface area (Å²) in [7, 11) is -3.61. The molecular formula is C10H13N5O3S. The van der Waals surface area contributed by atoms with Gasteiger partial charge in [0.05, 0.1) is 11.5 Å². The van der Waals surface area contributed by atoms with E-state index in [1.54, 1.807) is 19.1 Å². The van der Waals surface area contributed by atoms with Gasteiger partial charge in [0.25, 0.3) is 0 Å². The Morgan fingerprint density at radius 3 is 2.79 bits per heavy atom. The third kappa shape index (κ3) is 2.95. The van der Waals surface area contributed by atoms with Gasteiger partial charge in [-0.05, 0) is 35.9 Å². The lowest BCUT2D eigenvalue weighted by molar-refractivity contribution is 0.301. The Bertz CT molecular complexity index is 654. The van der Waals surface area contributed by atoms with E-state index in [1.165, 1.54) is 6.07 Å². The summed E-state index contributed by atoms with van der Waals surface area (Å²) in [4.78, 5) is 0.160. The van der Waals surface area contributed by atoms with Crippen molar-refractivity contribution in [1.29, 1.82) is 0 Å². The van der Waals surface area contributed by atoms with Gasteiger partial charge < -0.3 is 5.11 Å². The van der Waals surface area contributed by atoms with E-state index in [-0.39, 0.29) is 18.0 Å². The zero-order valence-corrected chi connectivity index (χ0v) is 11.0. The smallest absolute Gasteiger partial charge is 0.240 e. The number of aromatic amines is 1. The second kappa shape index (κ2) is 5.43. The van der Waals surface area contributed by atoms with E-state index < -0.39 is 10.0 Å². The van der Waals surface area contributed by atoms with Gasteiger partial charge in [0, 0.05) is 12.1 Å². The summed E-state index contributed by atoms with van der Waals surface area (Å²) in [6, 6.07) is 4.74. The summed E-state index contributed by atoms with van der Waals surface area (Å²) < 4.78 is 26.2. The lowest BCUT2D eigenvalue weighted by atomic mass is 10.1. The van der Waals surface area contributed by atoms with Gasteiger partial charge in [-0.25, -0.2) is 13.1 Å². The molecule has 0 amide bonds. The summed E-state index contributed by atoms with van der Waals surface area (Å²) in [6.45, 7) is 1.41. The van der Waals surface area contributed by atoms with E-state index in [0.717, 1.165) is 0 Å². The minimum atomic E-state index is -3.61. The molecule has 8 nitrogen and oxygen atoms in total. The number of benzene rings is 1. The van der Waals surface area contributed by atoms with Crippen LogP contribution in [-0.2, 0) is 10.0 Å². The number of aryl methyl sites for hydroxylation is 1. The number of aliphatic hydroxyl groups excluding tert-OH is 1. The number of rotatable bonds is 5. The molecule has 19 heavy (non-hydrogen) atoms. The number of aromatic nitrogens is 4. The second-order valence-electron chi connectivity index (χ2n) is 3.84. The molecule has 0 unspecified atom stereocenters. The first-order chi connectivity index (χ1) is 9.04. The van der Waals surface area contributed by atoms with Crippen molar-refractivity contribution in [3.05, 3.63) is 23.8 Å². The van der Waals surface area contributed by atoms with E-state index in [0.29, 0.717) is 17.0 Å². The minimum absolute atomic E-state index is 0.0195. The van der Waals surface area contributed by atoms with Gasteiger partial charge in [0.15, 0.2) is 0 Å². The molecule has 9 heteroatoms. The molecule has 0 aliphatic heterocycles. The quantitative estimate of drug-likeness (QED) is 0.676. The van der Waals surface area contributed by atoms with Crippen LogP contribution in [0.15, 0.2) is 23.1 Å². The monoisotopic (exact) mass is 283 g/mol. The maximum Gasteiger partial charge on any atom is 0.240 e. The second-order valence-corrected chi connectivity index (χ2v) is 5.57. The van der Waals surface area contributed by atoms with E-state index >= 15 is 0 Å². The molecular weight excluding hydrogens is 270 g/mol. The standard InChI is InChI=1S/C10H13N5O3S/c1-7-6-8(10-12-14-15-13-10)2-3-9(7)19(17,18)11-4-5-16/h2-3,6,11,16H,4-5H2,1H3,(H,12,13,14,15). The van der Waals surface area contributed by atoms with Crippen LogP contribution in [0.25, 0.3) is 11.4 Å². The summed E-state index contributed by atoms with van der Waals surface area (Å²) in [5, 5.41) is 22.1. The fourth-order valence-corrected chi connectivity index (χ4v) is 2.88. The van der Waals surface area contributed by atoms with Crippen molar-refractivity contribution in [2.24, 2.45) is 0 Å². The molecule has 0 aliphatic carbocycles. The number of hydrogen-bond donors (Lipinski definition) is 3. The Hall–Kier alpha value is -1.84. The Morgan fingerprint density at radius 1 is 1.42 bits per heavy atom. The van der Waals surface area contributed by atoms with Crippen LogP contribution >= 0.6 is 0 Å². The number of H-pyrrole nitrogens is 1. The summed E-state index contributed by atoms with van der Waals surface area (Å²) in [6.07, 6.45) is 0. The van der Waals surface area contributed by atoms with Gasteiger partial charge in [-0.3, -0.25) is 0 Å². The fourth-order valence-electron chi connectivity index (χ4n) is 1.63. The Morgan fingerprint density at radius 2 is 2.21 bits per heavy atom. The number of nitrogens with zero attached hydrogens (tertiary/aromatic N) is 3. The molecule has 2 rings (SSSR count). The highest BCUT2D eigenvalue weighted by molar-refractivity contribution is 7.89. The molecule has 102 valence electrons. The van der Waals surface area contributed by atoms with E-state index in [1.807, 2.05) is 0 Å². The number of tetrazole rings is 1. The van der Waals surface area contributed by atoms with Crippen LogP contribution in [0.3, 0.4) is 0 Å². The zero-order valence-electron chi connectivity index (χ0n) is 10.2. The van der Waals surface area contributed by atoms with Crippen molar-refractivity contribution < 1.29 is 13.5 Å². The van der Waals surface area contributed by atoms with Gasteiger partial charge in [0.2, 0.25) is 15.8 Å². The highest BCUT2D eigenvalue weighted by Crippen LogP contribution is 2.21. The molecule has 1 aromatic heterocycles. The molecule has 0 fully saturated rings. The average molecular weight is 283 g/mol. The van der Waals surface area contributed by atoms with Gasteiger partial charge in [-0.15, -0.1) is 10.2 Å². The third-order valence-electron chi connectivity index (χ3n) is 2.47.